The number of rotatable bonds is 5. The number of carbonyl (C=O) groups is 1. The summed E-state index contributed by atoms with van der Waals surface area (Å²) < 4.78 is 11.0. The van der Waals surface area contributed by atoms with Crippen LogP contribution >= 0.6 is 0 Å². The maximum Gasteiger partial charge on any atom is 0.311 e. The lowest BCUT2D eigenvalue weighted by molar-refractivity contribution is -0.152. The minimum Gasteiger partial charge on any atom is -0.489 e. The molecule has 3 heteroatoms. The van der Waals surface area contributed by atoms with Crippen LogP contribution in [0.3, 0.4) is 0 Å². The Kier molecular flexibility index (Phi) is 4.61. The number of hydrogen-bond acceptors (Lipinski definition) is 3. The maximum absolute atomic E-state index is 12.2. The minimum atomic E-state index is -0.530. The molecule has 0 saturated carbocycles. The Bertz CT molecular complexity index is 719. The summed E-state index contributed by atoms with van der Waals surface area (Å²) in [6, 6.07) is 16.4. The van der Waals surface area contributed by atoms with Gasteiger partial charge in [0, 0.05) is 5.92 Å². The highest BCUT2D eigenvalue weighted by atomic mass is 16.5. The van der Waals surface area contributed by atoms with Crippen LogP contribution in [0.25, 0.3) is 0 Å². The van der Waals surface area contributed by atoms with Crippen LogP contribution in [-0.4, -0.2) is 13.1 Å². The molecule has 2 aromatic carbocycles. The standard InChI is InChI=1S/C21H24O3/c1-21(2,20(22)23-3)19-12-10-16-9-11-17(13-18(16)19)24-14-15-7-5-4-6-8-15/h4-9,11,13,19H,10,12,14H2,1-3H3. The summed E-state index contributed by atoms with van der Waals surface area (Å²) in [6.45, 7) is 4.48. The van der Waals surface area contributed by atoms with Crippen molar-refractivity contribution in [2.24, 2.45) is 5.41 Å². The fourth-order valence-electron chi connectivity index (χ4n) is 3.57. The van der Waals surface area contributed by atoms with Crippen LogP contribution in [0, 0.1) is 5.41 Å². The number of esters is 1. The first kappa shape index (κ1) is 16.6. The normalized spacial score (nSPS) is 16.5. The molecule has 0 heterocycles. The van der Waals surface area contributed by atoms with E-state index in [4.69, 9.17) is 9.47 Å². The topological polar surface area (TPSA) is 35.5 Å². The van der Waals surface area contributed by atoms with Crippen molar-refractivity contribution in [2.75, 3.05) is 7.11 Å². The Labute approximate surface area is 143 Å². The van der Waals surface area contributed by atoms with Crippen molar-refractivity contribution in [3.63, 3.8) is 0 Å². The zero-order valence-corrected chi connectivity index (χ0v) is 14.5. The van der Waals surface area contributed by atoms with Gasteiger partial charge in [-0.3, -0.25) is 4.79 Å². The third kappa shape index (κ3) is 3.16. The van der Waals surface area contributed by atoms with Gasteiger partial charge in [0.1, 0.15) is 12.4 Å². The van der Waals surface area contributed by atoms with Gasteiger partial charge >= 0.3 is 5.97 Å². The molecule has 3 nitrogen and oxygen atoms in total. The van der Waals surface area contributed by atoms with E-state index in [9.17, 15) is 4.79 Å². The second-order valence-electron chi connectivity index (χ2n) is 6.94. The number of aryl methyl sites for hydroxylation is 1. The van der Waals surface area contributed by atoms with Gasteiger partial charge in [0.15, 0.2) is 0 Å². The molecule has 24 heavy (non-hydrogen) atoms. The molecule has 1 atom stereocenters. The SMILES string of the molecule is COC(=O)C(C)(C)C1CCc2ccc(OCc3ccccc3)cc21. The lowest BCUT2D eigenvalue weighted by Crippen LogP contribution is -2.31. The molecular weight excluding hydrogens is 300 g/mol. The number of hydrogen-bond donors (Lipinski definition) is 0. The second kappa shape index (κ2) is 6.68. The summed E-state index contributed by atoms with van der Waals surface area (Å²) in [4.78, 5) is 12.2. The molecule has 0 spiro atoms. The number of benzene rings is 2. The summed E-state index contributed by atoms with van der Waals surface area (Å²) in [5.74, 6) is 0.862. The van der Waals surface area contributed by atoms with E-state index in [1.54, 1.807) is 0 Å². The van der Waals surface area contributed by atoms with Gasteiger partial charge in [-0.25, -0.2) is 0 Å². The van der Waals surface area contributed by atoms with Gasteiger partial charge in [-0.15, -0.1) is 0 Å². The molecule has 0 amide bonds. The first-order valence-electron chi connectivity index (χ1n) is 8.40. The molecule has 3 rings (SSSR count). The van der Waals surface area contributed by atoms with Crippen LogP contribution in [0.2, 0.25) is 0 Å². The zero-order chi connectivity index (χ0) is 17.2. The monoisotopic (exact) mass is 324 g/mol. The molecule has 0 aromatic heterocycles. The molecule has 2 aromatic rings. The summed E-state index contributed by atoms with van der Waals surface area (Å²) in [5.41, 5.74) is 3.14. The van der Waals surface area contributed by atoms with Crippen molar-refractivity contribution in [2.45, 2.75) is 39.2 Å². The summed E-state index contributed by atoms with van der Waals surface area (Å²) in [6.07, 6.45) is 1.97. The van der Waals surface area contributed by atoms with Crippen molar-refractivity contribution in [1.82, 2.24) is 0 Å². The molecule has 0 radical (unpaired) electrons. The van der Waals surface area contributed by atoms with Gasteiger partial charge in [-0.2, -0.15) is 0 Å². The highest BCUT2D eigenvalue weighted by Gasteiger charge is 2.42. The third-order valence-electron chi connectivity index (χ3n) is 5.03. The first-order valence-corrected chi connectivity index (χ1v) is 8.40. The third-order valence-corrected chi connectivity index (χ3v) is 5.03. The molecular formula is C21H24O3. The summed E-state index contributed by atoms with van der Waals surface area (Å²) in [7, 11) is 1.46. The number of methoxy groups -OCH3 is 1. The van der Waals surface area contributed by atoms with Crippen LogP contribution in [0.15, 0.2) is 48.5 Å². The lowest BCUT2D eigenvalue weighted by atomic mass is 9.75. The van der Waals surface area contributed by atoms with Crippen molar-refractivity contribution >= 4 is 5.97 Å². The molecule has 0 N–H and O–H groups in total. The van der Waals surface area contributed by atoms with Gasteiger partial charge in [-0.1, -0.05) is 36.4 Å². The van der Waals surface area contributed by atoms with E-state index in [0.29, 0.717) is 6.61 Å². The molecule has 1 unspecified atom stereocenters. The Balaban J connectivity index is 1.80. The van der Waals surface area contributed by atoms with Crippen LogP contribution in [-0.2, 0) is 22.6 Å². The number of ether oxygens (including phenoxy) is 2. The van der Waals surface area contributed by atoms with E-state index in [1.165, 1.54) is 18.2 Å². The Morgan fingerprint density at radius 2 is 1.92 bits per heavy atom. The van der Waals surface area contributed by atoms with Crippen molar-refractivity contribution < 1.29 is 14.3 Å². The summed E-state index contributed by atoms with van der Waals surface area (Å²) in [5, 5.41) is 0. The van der Waals surface area contributed by atoms with E-state index in [-0.39, 0.29) is 11.9 Å². The zero-order valence-electron chi connectivity index (χ0n) is 14.5. The minimum absolute atomic E-state index is 0.157. The number of fused-ring (bicyclic) bond motifs is 1. The summed E-state index contributed by atoms with van der Waals surface area (Å²) >= 11 is 0. The smallest absolute Gasteiger partial charge is 0.311 e. The number of carbonyl (C=O) groups excluding carboxylic acids is 1. The average Bonchev–Trinajstić information content (AvgIpc) is 3.04. The Hall–Kier alpha value is -2.29. The van der Waals surface area contributed by atoms with E-state index in [2.05, 4.69) is 24.3 Å². The fraction of sp³-hybridized carbons (Fsp3) is 0.381. The van der Waals surface area contributed by atoms with E-state index >= 15 is 0 Å². The van der Waals surface area contributed by atoms with Crippen molar-refractivity contribution in [3.8, 4) is 5.75 Å². The van der Waals surface area contributed by atoms with Gasteiger partial charge in [0.05, 0.1) is 12.5 Å². The molecule has 0 bridgehead atoms. The molecule has 0 aliphatic heterocycles. The van der Waals surface area contributed by atoms with E-state index < -0.39 is 5.41 Å². The van der Waals surface area contributed by atoms with E-state index in [0.717, 1.165) is 24.2 Å². The predicted molar refractivity (Wildman–Crippen MR) is 94.1 cm³/mol. The maximum atomic E-state index is 12.2. The quantitative estimate of drug-likeness (QED) is 0.760. The highest BCUT2D eigenvalue weighted by Crippen LogP contribution is 2.46. The van der Waals surface area contributed by atoms with E-state index in [1.807, 2.05) is 38.1 Å². The average molecular weight is 324 g/mol. The van der Waals surface area contributed by atoms with Gasteiger partial charge in [0.25, 0.3) is 0 Å². The Morgan fingerprint density at radius 3 is 2.62 bits per heavy atom. The van der Waals surface area contributed by atoms with Gasteiger partial charge in [-0.05, 0) is 55.5 Å². The molecule has 1 aliphatic rings. The predicted octanol–water partition coefficient (Wildman–Crippen LogP) is 4.49. The first-order chi connectivity index (χ1) is 11.5. The molecule has 126 valence electrons. The molecule has 1 aliphatic carbocycles. The Morgan fingerprint density at radius 1 is 1.17 bits per heavy atom. The van der Waals surface area contributed by atoms with Crippen LogP contribution in [0.5, 0.6) is 5.75 Å². The highest BCUT2D eigenvalue weighted by molar-refractivity contribution is 5.77. The largest absolute Gasteiger partial charge is 0.489 e. The second-order valence-corrected chi connectivity index (χ2v) is 6.94. The van der Waals surface area contributed by atoms with Crippen LogP contribution in [0.4, 0.5) is 0 Å². The van der Waals surface area contributed by atoms with Crippen molar-refractivity contribution in [3.05, 3.63) is 65.2 Å². The van der Waals surface area contributed by atoms with Crippen LogP contribution < -0.4 is 4.74 Å². The van der Waals surface area contributed by atoms with Crippen LogP contribution in [0.1, 0.15) is 42.9 Å². The van der Waals surface area contributed by atoms with Gasteiger partial charge in [0.2, 0.25) is 0 Å². The lowest BCUT2D eigenvalue weighted by Gasteiger charge is -2.29. The molecule has 0 saturated heterocycles. The molecule has 0 fully saturated rings. The fourth-order valence-corrected chi connectivity index (χ4v) is 3.57. The van der Waals surface area contributed by atoms with Gasteiger partial charge < -0.3 is 9.47 Å². The van der Waals surface area contributed by atoms with Crippen molar-refractivity contribution in [1.29, 1.82) is 0 Å².